The molecule has 0 heterocycles. The molecule has 4 aromatic rings. The minimum absolute atomic E-state index is 0.0361. The summed E-state index contributed by atoms with van der Waals surface area (Å²) in [7, 11) is 2.76. The zero-order chi connectivity index (χ0) is 27.1. The Balaban J connectivity index is 1.62. The number of nitrogens with zero attached hydrogens (tertiary/aromatic N) is 4. The van der Waals surface area contributed by atoms with Gasteiger partial charge in [-0.3, -0.25) is 30.2 Å². The number of nitro groups is 2. The van der Waals surface area contributed by atoms with Gasteiger partial charge in [0.1, 0.15) is 0 Å². The molecular weight excluding hydrogens is 520 g/mol. The zero-order valence-corrected chi connectivity index (χ0v) is 22.1. The van der Waals surface area contributed by atoms with Gasteiger partial charge in [0.25, 0.3) is 11.4 Å². The summed E-state index contributed by atoms with van der Waals surface area (Å²) in [5.41, 5.74) is 4.79. The van der Waals surface area contributed by atoms with E-state index in [0.717, 1.165) is 32.3 Å². The minimum Gasteiger partial charge on any atom is -0.258 e. The van der Waals surface area contributed by atoms with Crippen LogP contribution >= 0.6 is 21.6 Å². The molecule has 0 saturated heterocycles. The molecule has 0 aliphatic heterocycles. The van der Waals surface area contributed by atoms with Crippen LogP contribution in [0.3, 0.4) is 0 Å². The fourth-order valence-electron chi connectivity index (χ4n) is 3.29. The smallest absolute Gasteiger partial charge is 0.258 e. The Morgan fingerprint density at radius 3 is 1.32 bits per heavy atom. The molecular formula is C28H22N4O4S2. The second-order valence-corrected chi connectivity index (χ2v) is 10.5. The number of aliphatic imine (C=N–C) groups is 2. The standard InChI is InChI=1S/C28H22N4O4S2/c1-19-3-7-23(8-4-19)29-17-21-15-25(31(33)34)11-13-27(21)37-38-28-14-12-26(32(35)36)16-22(28)18-30-24-9-5-20(2)6-10-24/h3-18H,1-2H3. The van der Waals surface area contributed by atoms with Crippen molar-refractivity contribution in [1.29, 1.82) is 0 Å². The van der Waals surface area contributed by atoms with Gasteiger partial charge in [-0.1, -0.05) is 57.0 Å². The molecule has 38 heavy (non-hydrogen) atoms. The Labute approximate surface area is 227 Å². The van der Waals surface area contributed by atoms with Crippen LogP contribution in [0.4, 0.5) is 22.7 Å². The van der Waals surface area contributed by atoms with E-state index in [4.69, 9.17) is 0 Å². The average molecular weight is 543 g/mol. The Bertz CT molecular complexity index is 1420. The molecule has 4 rings (SSSR count). The van der Waals surface area contributed by atoms with E-state index in [-0.39, 0.29) is 11.4 Å². The predicted molar refractivity (Wildman–Crippen MR) is 155 cm³/mol. The second-order valence-electron chi connectivity index (χ2n) is 8.31. The van der Waals surface area contributed by atoms with Crippen LogP contribution in [0.25, 0.3) is 0 Å². The second kappa shape index (κ2) is 12.3. The number of hydrogen-bond donors (Lipinski definition) is 0. The van der Waals surface area contributed by atoms with Gasteiger partial charge < -0.3 is 0 Å². The molecule has 0 amide bonds. The van der Waals surface area contributed by atoms with Crippen LogP contribution in [0.2, 0.25) is 0 Å². The quantitative estimate of drug-likeness (QED) is 0.0908. The monoisotopic (exact) mass is 542 g/mol. The molecule has 0 saturated carbocycles. The highest BCUT2D eigenvalue weighted by atomic mass is 33.1. The summed E-state index contributed by atoms with van der Waals surface area (Å²) in [6, 6.07) is 24.5. The van der Waals surface area contributed by atoms with Gasteiger partial charge >= 0.3 is 0 Å². The summed E-state index contributed by atoms with van der Waals surface area (Å²) in [6.45, 7) is 3.97. The molecule has 10 heteroatoms. The lowest BCUT2D eigenvalue weighted by Gasteiger charge is -2.08. The maximum atomic E-state index is 11.4. The Hall–Kier alpha value is -4.28. The Kier molecular flexibility index (Phi) is 8.67. The first-order chi connectivity index (χ1) is 18.3. The molecule has 0 N–H and O–H groups in total. The molecule has 0 unspecified atom stereocenters. The first-order valence-corrected chi connectivity index (χ1v) is 13.6. The van der Waals surface area contributed by atoms with Crippen molar-refractivity contribution in [2.24, 2.45) is 9.98 Å². The van der Waals surface area contributed by atoms with Crippen molar-refractivity contribution in [3.63, 3.8) is 0 Å². The van der Waals surface area contributed by atoms with E-state index in [2.05, 4.69) is 9.98 Å². The molecule has 0 spiro atoms. The molecule has 0 atom stereocenters. The highest BCUT2D eigenvalue weighted by Crippen LogP contribution is 2.41. The van der Waals surface area contributed by atoms with Gasteiger partial charge in [-0.25, -0.2) is 0 Å². The van der Waals surface area contributed by atoms with Crippen molar-refractivity contribution < 1.29 is 9.85 Å². The van der Waals surface area contributed by atoms with E-state index in [1.807, 2.05) is 62.4 Å². The first-order valence-electron chi connectivity index (χ1n) is 11.4. The topological polar surface area (TPSA) is 111 Å². The minimum atomic E-state index is -0.444. The number of benzene rings is 4. The molecule has 0 fully saturated rings. The van der Waals surface area contributed by atoms with Gasteiger partial charge in [0, 0.05) is 57.6 Å². The summed E-state index contributed by atoms with van der Waals surface area (Å²) in [5, 5.41) is 22.7. The number of rotatable bonds is 9. The van der Waals surface area contributed by atoms with Crippen LogP contribution in [0, 0.1) is 34.1 Å². The highest BCUT2D eigenvalue weighted by Gasteiger charge is 2.14. The number of nitro benzene ring substituents is 2. The Morgan fingerprint density at radius 1 is 0.605 bits per heavy atom. The van der Waals surface area contributed by atoms with Crippen molar-refractivity contribution >= 4 is 56.8 Å². The van der Waals surface area contributed by atoms with Gasteiger partial charge in [-0.05, 0) is 50.2 Å². The normalized spacial score (nSPS) is 11.3. The van der Waals surface area contributed by atoms with E-state index in [9.17, 15) is 20.2 Å². The van der Waals surface area contributed by atoms with Crippen LogP contribution in [-0.4, -0.2) is 22.3 Å². The molecule has 4 aromatic carbocycles. The van der Waals surface area contributed by atoms with Crippen LogP contribution < -0.4 is 0 Å². The van der Waals surface area contributed by atoms with Crippen LogP contribution in [0.1, 0.15) is 22.3 Å². The molecule has 0 bridgehead atoms. The summed E-state index contributed by atoms with van der Waals surface area (Å²) < 4.78 is 0. The van der Waals surface area contributed by atoms with E-state index >= 15 is 0 Å². The molecule has 0 aromatic heterocycles. The van der Waals surface area contributed by atoms with Gasteiger partial charge in [-0.15, -0.1) is 0 Å². The third-order valence-electron chi connectivity index (χ3n) is 5.40. The van der Waals surface area contributed by atoms with E-state index < -0.39 is 9.85 Å². The summed E-state index contributed by atoms with van der Waals surface area (Å²) in [6.07, 6.45) is 3.21. The maximum Gasteiger partial charge on any atom is 0.270 e. The number of aryl methyl sites for hydroxylation is 2. The SMILES string of the molecule is Cc1ccc(N=Cc2cc([N+](=O)[O-])ccc2SSc2ccc([N+](=O)[O-])cc2C=Nc2ccc(C)cc2)cc1. The van der Waals surface area contributed by atoms with Crippen molar-refractivity contribution in [3.8, 4) is 0 Å². The summed E-state index contributed by atoms with van der Waals surface area (Å²) in [4.78, 5) is 32.4. The van der Waals surface area contributed by atoms with Crippen LogP contribution in [0.15, 0.2) is 105 Å². The molecule has 0 aliphatic carbocycles. The number of hydrogen-bond acceptors (Lipinski definition) is 8. The van der Waals surface area contributed by atoms with Crippen LogP contribution in [-0.2, 0) is 0 Å². The van der Waals surface area contributed by atoms with Crippen molar-refractivity contribution in [2.45, 2.75) is 23.6 Å². The largest absolute Gasteiger partial charge is 0.270 e. The lowest BCUT2D eigenvalue weighted by atomic mass is 10.2. The van der Waals surface area contributed by atoms with Crippen molar-refractivity contribution in [2.75, 3.05) is 0 Å². The fourth-order valence-corrected chi connectivity index (χ4v) is 5.58. The molecule has 8 nitrogen and oxygen atoms in total. The lowest BCUT2D eigenvalue weighted by molar-refractivity contribution is -0.385. The van der Waals surface area contributed by atoms with Crippen LogP contribution in [0.5, 0.6) is 0 Å². The van der Waals surface area contributed by atoms with Gasteiger partial charge in [-0.2, -0.15) is 0 Å². The highest BCUT2D eigenvalue weighted by molar-refractivity contribution is 8.76. The zero-order valence-electron chi connectivity index (χ0n) is 20.5. The Morgan fingerprint density at radius 2 is 0.974 bits per heavy atom. The van der Waals surface area contributed by atoms with E-state index in [0.29, 0.717) is 11.1 Å². The van der Waals surface area contributed by atoms with E-state index in [1.165, 1.54) is 45.9 Å². The molecule has 0 aliphatic rings. The fraction of sp³-hybridized carbons (Fsp3) is 0.0714. The average Bonchev–Trinajstić information content (AvgIpc) is 2.91. The summed E-state index contributed by atoms with van der Waals surface area (Å²) in [5.74, 6) is 0. The third-order valence-corrected chi connectivity index (χ3v) is 7.92. The van der Waals surface area contributed by atoms with Crippen molar-refractivity contribution in [1.82, 2.24) is 0 Å². The third kappa shape index (κ3) is 7.15. The van der Waals surface area contributed by atoms with Crippen molar-refractivity contribution in [3.05, 3.63) is 127 Å². The molecule has 0 radical (unpaired) electrons. The summed E-state index contributed by atoms with van der Waals surface area (Å²) >= 11 is 0. The maximum absolute atomic E-state index is 11.4. The predicted octanol–water partition coefficient (Wildman–Crippen LogP) is 8.42. The van der Waals surface area contributed by atoms with E-state index in [1.54, 1.807) is 24.6 Å². The van der Waals surface area contributed by atoms with Gasteiger partial charge in [0.05, 0.1) is 21.2 Å². The number of non-ortho nitro benzene ring substituents is 2. The van der Waals surface area contributed by atoms with Gasteiger partial charge in [0.2, 0.25) is 0 Å². The lowest BCUT2D eigenvalue weighted by Crippen LogP contribution is -1.93. The van der Waals surface area contributed by atoms with Gasteiger partial charge in [0.15, 0.2) is 0 Å². The first kappa shape index (κ1) is 26.8. The molecule has 190 valence electrons.